The average molecular weight is 163 g/mol. The first-order valence-electron chi connectivity index (χ1n) is 2.71. The Hall–Kier alpha value is 0.480. The van der Waals surface area contributed by atoms with Crippen LogP contribution in [-0.4, -0.2) is 4.83 Å². The van der Waals surface area contributed by atoms with E-state index in [1.807, 2.05) is 0 Å². The van der Waals surface area contributed by atoms with Crippen molar-refractivity contribution in [3.05, 3.63) is 0 Å². The van der Waals surface area contributed by atoms with Gasteiger partial charge in [-0.05, 0) is 11.3 Å². The summed E-state index contributed by atoms with van der Waals surface area (Å²) in [4.78, 5) is 0.778. The standard InChI is InChI=1S/C6H11Br/c1-4-5(7)6(4,2)3/h4-5H,1-3H3/t4-,5+/m1/s1. The van der Waals surface area contributed by atoms with Gasteiger partial charge in [-0.3, -0.25) is 0 Å². The fraction of sp³-hybridized carbons (Fsp3) is 1.00. The third kappa shape index (κ3) is 0.620. The maximum Gasteiger partial charge on any atom is 0.0230 e. The van der Waals surface area contributed by atoms with Gasteiger partial charge in [-0.25, -0.2) is 0 Å². The lowest BCUT2D eigenvalue weighted by atomic mass is 10.1. The molecule has 2 atom stereocenters. The monoisotopic (exact) mass is 162 g/mol. The van der Waals surface area contributed by atoms with Gasteiger partial charge in [0.2, 0.25) is 0 Å². The van der Waals surface area contributed by atoms with E-state index in [2.05, 4.69) is 36.7 Å². The SMILES string of the molecule is C[C@@H]1[C@H](Br)C1(C)C. The molecule has 0 nitrogen and oxygen atoms in total. The van der Waals surface area contributed by atoms with E-state index >= 15 is 0 Å². The average Bonchev–Trinajstić information content (AvgIpc) is 1.91. The highest BCUT2D eigenvalue weighted by Gasteiger charge is 2.52. The molecular formula is C6H11Br. The largest absolute Gasteiger partial charge is 0.0882 e. The summed E-state index contributed by atoms with van der Waals surface area (Å²) in [5, 5.41) is 0. The third-order valence-electron chi connectivity index (χ3n) is 2.21. The maximum atomic E-state index is 3.57. The van der Waals surface area contributed by atoms with E-state index in [0.29, 0.717) is 5.41 Å². The van der Waals surface area contributed by atoms with Crippen LogP contribution in [0.1, 0.15) is 20.8 Å². The zero-order valence-electron chi connectivity index (χ0n) is 5.03. The Morgan fingerprint density at radius 2 is 1.57 bits per heavy atom. The number of rotatable bonds is 0. The van der Waals surface area contributed by atoms with Crippen molar-refractivity contribution >= 4 is 15.9 Å². The van der Waals surface area contributed by atoms with Crippen LogP contribution in [0.3, 0.4) is 0 Å². The summed E-state index contributed by atoms with van der Waals surface area (Å²) in [6.45, 7) is 6.85. The first-order valence-corrected chi connectivity index (χ1v) is 3.62. The molecule has 0 amide bonds. The molecule has 0 heterocycles. The Bertz CT molecular complexity index is 76.2. The maximum absolute atomic E-state index is 3.57. The van der Waals surface area contributed by atoms with E-state index in [1.54, 1.807) is 0 Å². The molecule has 42 valence electrons. The Balaban J connectivity index is 2.52. The summed E-state index contributed by atoms with van der Waals surface area (Å²) in [6, 6.07) is 0. The van der Waals surface area contributed by atoms with Gasteiger partial charge in [0.25, 0.3) is 0 Å². The minimum absolute atomic E-state index is 0.583. The summed E-state index contributed by atoms with van der Waals surface area (Å²) in [5.74, 6) is 0.882. The Morgan fingerprint density at radius 3 is 1.57 bits per heavy atom. The zero-order valence-corrected chi connectivity index (χ0v) is 6.62. The molecule has 0 N–H and O–H groups in total. The quantitative estimate of drug-likeness (QED) is 0.481. The van der Waals surface area contributed by atoms with E-state index in [9.17, 15) is 0 Å². The minimum Gasteiger partial charge on any atom is -0.0882 e. The van der Waals surface area contributed by atoms with E-state index < -0.39 is 0 Å². The Labute approximate surface area is 53.4 Å². The van der Waals surface area contributed by atoms with Crippen molar-refractivity contribution in [2.75, 3.05) is 0 Å². The normalized spacial score (nSPS) is 46.3. The van der Waals surface area contributed by atoms with Gasteiger partial charge in [0.1, 0.15) is 0 Å². The highest BCUT2D eigenvalue weighted by atomic mass is 79.9. The lowest BCUT2D eigenvalue weighted by Crippen LogP contribution is -1.86. The van der Waals surface area contributed by atoms with Gasteiger partial charge < -0.3 is 0 Å². The highest BCUT2D eigenvalue weighted by molar-refractivity contribution is 9.09. The van der Waals surface area contributed by atoms with Gasteiger partial charge in [0.15, 0.2) is 0 Å². The van der Waals surface area contributed by atoms with E-state index in [0.717, 1.165) is 10.7 Å². The zero-order chi connectivity index (χ0) is 5.65. The Morgan fingerprint density at radius 1 is 1.43 bits per heavy atom. The number of halogens is 1. The first-order chi connectivity index (χ1) is 3.07. The highest BCUT2D eigenvalue weighted by Crippen LogP contribution is 2.56. The fourth-order valence-electron chi connectivity index (χ4n) is 0.822. The predicted molar refractivity (Wildman–Crippen MR) is 35.7 cm³/mol. The Kier molecular flexibility index (Phi) is 1.00. The molecule has 0 spiro atoms. The van der Waals surface area contributed by atoms with Crippen LogP contribution in [0.25, 0.3) is 0 Å². The molecule has 0 saturated heterocycles. The van der Waals surface area contributed by atoms with Crippen LogP contribution in [0.4, 0.5) is 0 Å². The van der Waals surface area contributed by atoms with Crippen LogP contribution < -0.4 is 0 Å². The van der Waals surface area contributed by atoms with Gasteiger partial charge in [-0.2, -0.15) is 0 Å². The van der Waals surface area contributed by atoms with Gasteiger partial charge >= 0.3 is 0 Å². The van der Waals surface area contributed by atoms with E-state index in [1.165, 1.54) is 0 Å². The molecule has 1 aliphatic carbocycles. The third-order valence-corrected chi connectivity index (χ3v) is 4.19. The lowest BCUT2D eigenvalue weighted by Gasteiger charge is -1.93. The van der Waals surface area contributed by atoms with Gasteiger partial charge in [0, 0.05) is 4.83 Å². The van der Waals surface area contributed by atoms with Crippen LogP contribution in [0.15, 0.2) is 0 Å². The van der Waals surface area contributed by atoms with Gasteiger partial charge in [-0.15, -0.1) is 0 Å². The van der Waals surface area contributed by atoms with Crippen molar-refractivity contribution in [3.63, 3.8) is 0 Å². The number of alkyl halides is 1. The van der Waals surface area contributed by atoms with Crippen molar-refractivity contribution < 1.29 is 0 Å². The van der Waals surface area contributed by atoms with Crippen LogP contribution in [0.5, 0.6) is 0 Å². The van der Waals surface area contributed by atoms with E-state index in [4.69, 9.17) is 0 Å². The van der Waals surface area contributed by atoms with Gasteiger partial charge in [-0.1, -0.05) is 36.7 Å². The number of hydrogen-bond acceptors (Lipinski definition) is 0. The van der Waals surface area contributed by atoms with Crippen molar-refractivity contribution in [2.45, 2.75) is 25.6 Å². The second kappa shape index (κ2) is 1.25. The summed E-state index contributed by atoms with van der Waals surface area (Å²) in [6.07, 6.45) is 0. The van der Waals surface area contributed by atoms with E-state index in [-0.39, 0.29) is 0 Å². The minimum atomic E-state index is 0.583. The van der Waals surface area contributed by atoms with Gasteiger partial charge in [0.05, 0.1) is 0 Å². The molecular weight excluding hydrogens is 152 g/mol. The number of hydrogen-bond donors (Lipinski definition) is 0. The molecule has 1 rings (SSSR count). The summed E-state index contributed by atoms with van der Waals surface area (Å²) in [7, 11) is 0. The molecule has 0 aromatic carbocycles. The van der Waals surface area contributed by atoms with Crippen LogP contribution in [-0.2, 0) is 0 Å². The second-order valence-electron chi connectivity index (χ2n) is 3.01. The summed E-state index contributed by atoms with van der Waals surface area (Å²) >= 11 is 3.57. The molecule has 1 heteroatoms. The molecule has 1 saturated carbocycles. The summed E-state index contributed by atoms with van der Waals surface area (Å²) in [5.41, 5.74) is 0.583. The lowest BCUT2D eigenvalue weighted by molar-refractivity contribution is 0.588. The molecule has 0 aliphatic heterocycles. The first kappa shape index (κ1) is 5.61. The molecule has 0 unspecified atom stereocenters. The molecule has 0 aromatic heterocycles. The molecule has 7 heavy (non-hydrogen) atoms. The topological polar surface area (TPSA) is 0 Å². The molecule has 0 aromatic rings. The molecule has 1 fully saturated rings. The van der Waals surface area contributed by atoms with Crippen LogP contribution in [0.2, 0.25) is 0 Å². The van der Waals surface area contributed by atoms with Crippen molar-refractivity contribution in [1.82, 2.24) is 0 Å². The molecule has 0 radical (unpaired) electrons. The fourth-order valence-corrected chi connectivity index (χ4v) is 1.77. The van der Waals surface area contributed by atoms with Crippen molar-refractivity contribution in [2.24, 2.45) is 11.3 Å². The molecule has 0 bridgehead atoms. The van der Waals surface area contributed by atoms with Crippen LogP contribution in [0, 0.1) is 11.3 Å². The predicted octanol–water partition coefficient (Wildman–Crippen LogP) is 2.43. The smallest absolute Gasteiger partial charge is 0.0230 e. The van der Waals surface area contributed by atoms with Crippen molar-refractivity contribution in [1.29, 1.82) is 0 Å². The van der Waals surface area contributed by atoms with Crippen molar-refractivity contribution in [3.8, 4) is 0 Å². The van der Waals surface area contributed by atoms with Crippen LogP contribution >= 0.6 is 15.9 Å². The second-order valence-corrected chi connectivity index (χ2v) is 4.00. The molecule has 1 aliphatic rings. The summed E-state index contributed by atoms with van der Waals surface area (Å²) < 4.78 is 0.